The van der Waals surface area contributed by atoms with Gasteiger partial charge in [-0.1, -0.05) is 30.3 Å². The Balaban J connectivity index is 1.47. The third kappa shape index (κ3) is 4.97. The Morgan fingerprint density at radius 1 is 1.00 bits per heavy atom. The fourth-order valence-corrected chi connectivity index (χ4v) is 5.13. The highest BCUT2D eigenvalue weighted by Gasteiger charge is 2.39. The summed E-state index contributed by atoms with van der Waals surface area (Å²) >= 11 is 0. The molecule has 1 saturated heterocycles. The van der Waals surface area contributed by atoms with E-state index >= 15 is 0 Å². The van der Waals surface area contributed by atoms with Crippen LogP contribution in [0.1, 0.15) is 33.2 Å². The van der Waals surface area contributed by atoms with E-state index in [-0.39, 0.29) is 35.6 Å². The SMILES string of the molecule is COc1ccc(-c2nc3c(C(=O)N4CCN([C@@H](C(N)=O)c5ccccc5)CC4)cnn3c(C(F)(F)F)c2C)cc1. The first-order valence-corrected chi connectivity index (χ1v) is 12.6. The maximum Gasteiger partial charge on any atom is 0.433 e. The number of methoxy groups -OCH3 is 1. The molecule has 12 heteroatoms. The number of halogens is 3. The third-order valence-corrected chi connectivity index (χ3v) is 7.10. The molecule has 1 aliphatic heterocycles. The predicted octanol–water partition coefficient (Wildman–Crippen LogP) is 3.72. The summed E-state index contributed by atoms with van der Waals surface area (Å²) in [5.41, 5.74) is 5.64. The van der Waals surface area contributed by atoms with Gasteiger partial charge in [0.15, 0.2) is 11.3 Å². The van der Waals surface area contributed by atoms with Gasteiger partial charge in [0.2, 0.25) is 5.91 Å². The average molecular weight is 553 g/mol. The number of hydrogen-bond donors (Lipinski definition) is 1. The summed E-state index contributed by atoms with van der Waals surface area (Å²) in [6.45, 7) is 2.53. The molecular weight excluding hydrogens is 525 g/mol. The molecule has 0 radical (unpaired) electrons. The van der Waals surface area contributed by atoms with Crippen molar-refractivity contribution in [1.29, 1.82) is 0 Å². The minimum Gasteiger partial charge on any atom is -0.497 e. The Morgan fingerprint density at radius 2 is 1.65 bits per heavy atom. The lowest BCUT2D eigenvalue weighted by molar-refractivity contribution is -0.143. The van der Waals surface area contributed by atoms with E-state index in [1.807, 2.05) is 35.2 Å². The number of alkyl halides is 3. The second-order valence-corrected chi connectivity index (χ2v) is 9.50. The molecule has 0 aliphatic carbocycles. The monoisotopic (exact) mass is 552 g/mol. The van der Waals surface area contributed by atoms with Crippen LogP contribution >= 0.6 is 0 Å². The number of nitrogens with two attached hydrogens (primary N) is 1. The lowest BCUT2D eigenvalue weighted by Gasteiger charge is -2.38. The van der Waals surface area contributed by atoms with Crippen LogP contribution in [-0.4, -0.2) is 69.5 Å². The molecule has 5 rings (SSSR count). The molecule has 0 unspecified atom stereocenters. The van der Waals surface area contributed by atoms with E-state index in [2.05, 4.69) is 10.1 Å². The van der Waals surface area contributed by atoms with Gasteiger partial charge >= 0.3 is 6.18 Å². The molecule has 2 aromatic carbocycles. The van der Waals surface area contributed by atoms with Gasteiger partial charge in [0.05, 0.1) is 19.0 Å². The predicted molar refractivity (Wildman–Crippen MR) is 141 cm³/mol. The minimum atomic E-state index is -4.74. The number of nitrogens with zero attached hydrogens (tertiary/aromatic N) is 5. The number of aromatic nitrogens is 3. The maximum absolute atomic E-state index is 14.2. The van der Waals surface area contributed by atoms with Crippen molar-refractivity contribution >= 4 is 17.5 Å². The van der Waals surface area contributed by atoms with E-state index in [1.165, 1.54) is 18.9 Å². The molecule has 2 amide bonds. The fourth-order valence-electron chi connectivity index (χ4n) is 5.13. The number of carbonyl (C=O) groups is 2. The van der Waals surface area contributed by atoms with Crippen molar-refractivity contribution < 1.29 is 27.5 Å². The van der Waals surface area contributed by atoms with Gasteiger partial charge in [0, 0.05) is 37.3 Å². The first-order chi connectivity index (χ1) is 19.1. The normalized spacial score (nSPS) is 15.3. The van der Waals surface area contributed by atoms with Gasteiger partial charge in [-0.3, -0.25) is 14.5 Å². The van der Waals surface area contributed by atoms with Crippen molar-refractivity contribution in [2.75, 3.05) is 33.3 Å². The van der Waals surface area contributed by atoms with E-state index in [4.69, 9.17) is 10.5 Å². The molecule has 2 N–H and O–H groups in total. The zero-order chi connectivity index (χ0) is 28.6. The highest BCUT2D eigenvalue weighted by molar-refractivity contribution is 6.00. The first kappa shape index (κ1) is 27.1. The van der Waals surface area contributed by atoms with Crippen LogP contribution < -0.4 is 10.5 Å². The number of fused-ring (bicyclic) bond motifs is 1. The molecule has 1 fully saturated rings. The molecule has 1 aliphatic rings. The second kappa shape index (κ2) is 10.6. The molecular formula is C28H27F3N6O3. The Labute approximate surface area is 228 Å². The number of piperazine rings is 1. The van der Waals surface area contributed by atoms with Crippen molar-refractivity contribution in [3.05, 3.63) is 83.2 Å². The summed E-state index contributed by atoms with van der Waals surface area (Å²) in [7, 11) is 1.49. The molecule has 3 heterocycles. The second-order valence-electron chi connectivity index (χ2n) is 9.50. The Hall–Kier alpha value is -4.45. The zero-order valence-electron chi connectivity index (χ0n) is 21.9. The minimum absolute atomic E-state index is 0.0387. The number of rotatable bonds is 6. The molecule has 1 atom stereocenters. The van der Waals surface area contributed by atoms with Crippen LogP contribution in [0.3, 0.4) is 0 Å². The molecule has 40 heavy (non-hydrogen) atoms. The van der Waals surface area contributed by atoms with Gasteiger partial charge in [-0.05, 0) is 36.8 Å². The van der Waals surface area contributed by atoms with Crippen LogP contribution in [-0.2, 0) is 11.0 Å². The molecule has 0 saturated carbocycles. The summed E-state index contributed by atoms with van der Waals surface area (Å²) in [6, 6.07) is 15.0. The molecule has 0 bridgehead atoms. The van der Waals surface area contributed by atoms with Gasteiger partial charge in [-0.15, -0.1) is 0 Å². The molecule has 9 nitrogen and oxygen atoms in total. The number of primary amides is 1. The summed E-state index contributed by atoms with van der Waals surface area (Å²) in [4.78, 5) is 33.7. The Bertz CT molecular complexity index is 1550. The summed E-state index contributed by atoms with van der Waals surface area (Å²) < 4.78 is 48.5. The first-order valence-electron chi connectivity index (χ1n) is 12.6. The van der Waals surface area contributed by atoms with Gasteiger partial charge in [-0.2, -0.15) is 18.3 Å². The zero-order valence-corrected chi connectivity index (χ0v) is 21.9. The summed E-state index contributed by atoms with van der Waals surface area (Å²) in [6.07, 6.45) is -3.62. The van der Waals surface area contributed by atoms with Crippen molar-refractivity contribution in [2.45, 2.75) is 19.1 Å². The smallest absolute Gasteiger partial charge is 0.433 e. The van der Waals surface area contributed by atoms with Crippen LogP contribution in [0.2, 0.25) is 0 Å². The van der Waals surface area contributed by atoms with Crippen LogP contribution in [0.15, 0.2) is 60.8 Å². The number of amides is 2. The number of benzene rings is 2. The molecule has 2 aromatic heterocycles. The summed E-state index contributed by atoms with van der Waals surface area (Å²) in [5.74, 6) is -0.446. The quantitative estimate of drug-likeness (QED) is 0.391. The van der Waals surface area contributed by atoms with Crippen molar-refractivity contribution in [3.8, 4) is 17.0 Å². The number of hydrogen-bond acceptors (Lipinski definition) is 6. The third-order valence-electron chi connectivity index (χ3n) is 7.10. The van der Waals surface area contributed by atoms with Gasteiger partial charge < -0.3 is 15.4 Å². The highest BCUT2D eigenvalue weighted by Crippen LogP contribution is 2.37. The number of carbonyl (C=O) groups excluding carboxylic acids is 2. The lowest BCUT2D eigenvalue weighted by atomic mass is 10.0. The van der Waals surface area contributed by atoms with E-state index < -0.39 is 29.7 Å². The molecule has 4 aromatic rings. The van der Waals surface area contributed by atoms with Crippen molar-refractivity contribution in [1.82, 2.24) is 24.4 Å². The van der Waals surface area contributed by atoms with E-state index in [0.717, 1.165) is 11.8 Å². The Kier molecular flexibility index (Phi) is 7.19. The topological polar surface area (TPSA) is 106 Å². The van der Waals surface area contributed by atoms with E-state index in [9.17, 15) is 22.8 Å². The van der Waals surface area contributed by atoms with E-state index in [0.29, 0.717) is 28.9 Å². The lowest BCUT2D eigenvalue weighted by Crippen LogP contribution is -2.51. The van der Waals surface area contributed by atoms with Crippen LogP contribution in [0.4, 0.5) is 13.2 Å². The summed E-state index contributed by atoms with van der Waals surface area (Å²) in [5, 5.41) is 3.93. The highest BCUT2D eigenvalue weighted by atomic mass is 19.4. The van der Waals surface area contributed by atoms with Gasteiger partial charge in [0.25, 0.3) is 5.91 Å². The maximum atomic E-state index is 14.2. The van der Waals surface area contributed by atoms with Crippen LogP contribution in [0.25, 0.3) is 16.9 Å². The average Bonchev–Trinajstić information content (AvgIpc) is 3.35. The Morgan fingerprint density at radius 3 is 2.23 bits per heavy atom. The molecule has 0 spiro atoms. The largest absolute Gasteiger partial charge is 0.497 e. The van der Waals surface area contributed by atoms with Gasteiger partial charge in [0.1, 0.15) is 17.4 Å². The molecule has 208 valence electrons. The standard InChI is InChI=1S/C28H27F3N6O3/c1-17-22(18-8-10-20(40-2)11-9-18)34-26-21(16-33-37(26)24(17)28(29,30)31)27(39)36-14-12-35(13-15-36)23(25(32)38)19-6-4-3-5-7-19/h3-11,16,23H,12-15H2,1-2H3,(H2,32,38)/t23-/m1/s1. The fraction of sp³-hybridized carbons (Fsp3) is 0.286. The van der Waals surface area contributed by atoms with Gasteiger partial charge in [-0.25, -0.2) is 9.50 Å². The van der Waals surface area contributed by atoms with Crippen LogP contribution in [0.5, 0.6) is 5.75 Å². The van der Waals surface area contributed by atoms with E-state index in [1.54, 1.807) is 24.3 Å². The number of ether oxygens (including phenoxy) is 1. The van der Waals surface area contributed by atoms with Crippen molar-refractivity contribution in [2.24, 2.45) is 5.73 Å². The van der Waals surface area contributed by atoms with Crippen molar-refractivity contribution in [3.63, 3.8) is 0 Å². The van der Waals surface area contributed by atoms with Crippen LogP contribution in [0, 0.1) is 6.92 Å².